The number of carbonyl (C=O) groups is 2. The lowest BCUT2D eigenvalue weighted by molar-refractivity contribution is -0.384. The van der Waals surface area contributed by atoms with Gasteiger partial charge in [-0.2, -0.15) is 0 Å². The number of nitro groups is 1. The van der Waals surface area contributed by atoms with Gasteiger partial charge in [-0.05, 0) is 36.8 Å². The largest absolute Gasteiger partial charge is 0.497 e. The monoisotopic (exact) mass is 312 g/mol. The summed E-state index contributed by atoms with van der Waals surface area (Å²) in [6.45, 7) is 1.62. The van der Waals surface area contributed by atoms with Crippen molar-refractivity contribution in [3.05, 3.63) is 63.2 Å². The maximum atomic E-state index is 12.6. The Kier molecular flexibility index (Phi) is 3.33. The second-order valence-electron chi connectivity index (χ2n) is 5.09. The molecule has 116 valence electrons. The van der Waals surface area contributed by atoms with E-state index >= 15 is 0 Å². The van der Waals surface area contributed by atoms with Gasteiger partial charge in [-0.1, -0.05) is 0 Å². The molecule has 0 aromatic heterocycles. The number of rotatable bonds is 3. The summed E-state index contributed by atoms with van der Waals surface area (Å²) in [5.41, 5.74) is 1.26. The molecular formula is C16H12N2O5. The zero-order chi connectivity index (χ0) is 16.7. The average Bonchev–Trinajstić information content (AvgIpc) is 2.78. The summed E-state index contributed by atoms with van der Waals surface area (Å²) < 4.78 is 5.07. The average molecular weight is 312 g/mol. The van der Waals surface area contributed by atoms with Gasteiger partial charge >= 0.3 is 0 Å². The van der Waals surface area contributed by atoms with Gasteiger partial charge in [-0.25, -0.2) is 4.90 Å². The Bertz CT molecular complexity index is 860. The SMILES string of the molecule is COc1ccc2c(c1)C(=O)N(c1ccc([N+](=O)[O-])cc1C)C2=O. The number of carbonyl (C=O) groups excluding carboxylic acids is 2. The number of non-ortho nitro benzene ring substituents is 1. The fourth-order valence-electron chi connectivity index (χ4n) is 2.57. The van der Waals surface area contributed by atoms with Gasteiger partial charge in [-0.3, -0.25) is 19.7 Å². The molecule has 1 aliphatic heterocycles. The van der Waals surface area contributed by atoms with Crippen molar-refractivity contribution in [2.75, 3.05) is 12.0 Å². The van der Waals surface area contributed by atoms with Crippen LogP contribution in [0.5, 0.6) is 5.75 Å². The first-order chi connectivity index (χ1) is 10.9. The van der Waals surface area contributed by atoms with Crippen molar-refractivity contribution in [2.45, 2.75) is 6.92 Å². The van der Waals surface area contributed by atoms with E-state index in [1.807, 2.05) is 0 Å². The zero-order valence-corrected chi connectivity index (χ0v) is 12.4. The van der Waals surface area contributed by atoms with Gasteiger partial charge in [0.2, 0.25) is 0 Å². The summed E-state index contributed by atoms with van der Waals surface area (Å²) in [7, 11) is 1.47. The van der Waals surface area contributed by atoms with Crippen LogP contribution in [0.15, 0.2) is 36.4 Å². The molecule has 0 saturated heterocycles. The first-order valence-electron chi connectivity index (χ1n) is 6.76. The lowest BCUT2D eigenvalue weighted by Crippen LogP contribution is -2.30. The fourth-order valence-corrected chi connectivity index (χ4v) is 2.57. The first-order valence-corrected chi connectivity index (χ1v) is 6.76. The molecule has 0 N–H and O–H groups in total. The molecular weight excluding hydrogens is 300 g/mol. The third-order valence-electron chi connectivity index (χ3n) is 3.73. The molecule has 7 nitrogen and oxygen atoms in total. The van der Waals surface area contributed by atoms with E-state index in [2.05, 4.69) is 0 Å². The summed E-state index contributed by atoms with van der Waals surface area (Å²) in [5.74, 6) is -0.447. The van der Waals surface area contributed by atoms with Crippen molar-refractivity contribution in [1.82, 2.24) is 0 Å². The minimum Gasteiger partial charge on any atom is -0.497 e. The van der Waals surface area contributed by atoms with Gasteiger partial charge in [0.25, 0.3) is 17.5 Å². The van der Waals surface area contributed by atoms with E-state index in [0.717, 1.165) is 4.90 Å². The molecule has 3 rings (SSSR count). The van der Waals surface area contributed by atoms with Crippen LogP contribution in [0.25, 0.3) is 0 Å². The van der Waals surface area contributed by atoms with Gasteiger partial charge < -0.3 is 4.74 Å². The van der Waals surface area contributed by atoms with Crippen molar-refractivity contribution in [1.29, 1.82) is 0 Å². The number of nitrogens with zero attached hydrogens (tertiary/aromatic N) is 2. The van der Waals surface area contributed by atoms with Crippen molar-refractivity contribution in [3.63, 3.8) is 0 Å². The van der Waals surface area contributed by atoms with E-state index in [-0.39, 0.29) is 16.8 Å². The van der Waals surface area contributed by atoms with Crippen LogP contribution in [0.1, 0.15) is 26.3 Å². The Labute approximate surface area is 131 Å². The number of nitro benzene ring substituents is 1. The zero-order valence-electron chi connectivity index (χ0n) is 12.4. The standard InChI is InChI=1S/C16H12N2O5/c1-9-7-10(18(21)22)3-6-14(9)17-15(19)12-5-4-11(23-2)8-13(12)16(17)20/h3-8H,1-2H3. The smallest absolute Gasteiger partial charge is 0.269 e. The summed E-state index contributed by atoms with van der Waals surface area (Å²) in [6.07, 6.45) is 0. The Morgan fingerprint density at radius 3 is 2.35 bits per heavy atom. The Balaban J connectivity index is 2.07. The highest BCUT2D eigenvalue weighted by atomic mass is 16.6. The van der Waals surface area contributed by atoms with Crippen LogP contribution in [0.2, 0.25) is 0 Å². The number of aryl methyl sites for hydroxylation is 1. The fraction of sp³-hybridized carbons (Fsp3) is 0.125. The lowest BCUT2D eigenvalue weighted by Gasteiger charge is -2.16. The number of fused-ring (bicyclic) bond motifs is 1. The third-order valence-corrected chi connectivity index (χ3v) is 3.73. The Morgan fingerprint density at radius 2 is 1.74 bits per heavy atom. The van der Waals surface area contributed by atoms with Crippen molar-refractivity contribution < 1.29 is 19.2 Å². The topological polar surface area (TPSA) is 89.8 Å². The van der Waals surface area contributed by atoms with Crippen LogP contribution in [-0.2, 0) is 0 Å². The molecule has 0 spiro atoms. The van der Waals surface area contributed by atoms with Crippen molar-refractivity contribution in [3.8, 4) is 5.75 Å². The second kappa shape index (κ2) is 5.20. The molecule has 23 heavy (non-hydrogen) atoms. The number of hydrogen-bond donors (Lipinski definition) is 0. The van der Waals surface area contributed by atoms with E-state index in [4.69, 9.17) is 4.74 Å². The molecule has 0 saturated carbocycles. The van der Waals surface area contributed by atoms with Gasteiger partial charge in [0, 0.05) is 12.1 Å². The van der Waals surface area contributed by atoms with Crippen LogP contribution in [-0.4, -0.2) is 23.8 Å². The van der Waals surface area contributed by atoms with Crippen molar-refractivity contribution >= 4 is 23.2 Å². The maximum Gasteiger partial charge on any atom is 0.269 e. The molecule has 0 atom stereocenters. The van der Waals surface area contributed by atoms with Crippen LogP contribution in [0, 0.1) is 17.0 Å². The highest BCUT2D eigenvalue weighted by Crippen LogP contribution is 2.33. The number of imide groups is 1. The van der Waals surface area contributed by atoms with E-state index in [0.29, 0.717) is 17.0 Å². The number of hydrogen-bond acceptors (Lipinski definition) is 5. The second-order valence-corrected chi connectivity index (χ2v) is 5.09. The molecule has 1 heterocycles. The van der Waals surface area contributed by atoms with Crippen LogP contribution < -0.4 is 9.64 Å². The van der Waals surface area contributed by atoms with E-state index < -0.39 is 16.7 Å². The molecule has 2 amide bonds. The number of methoxy groups -OCH3 is 1. The maximum absolute atomic E-state index is 12.6. The van der Waals surface area contributed by atoms with Crippen LogP contribution in [0.3, 0.4) is 0 Å². The predicted molar refractivity (Wildman–Crippen MR) is 82.0 cm³/mol. The first kappa shape index (κ1) is 14.7. The molecule has 0 fully saturated rings. The highest BCUT2D eigenvalue weighted by Gasteiger charge is 2.37. The predicted octanol–water partition coefficient (Wildman–Crippen LogP) is 2.71. The summed E-state index contributed by atoms with van der Waals surface area (Å²) in [5, 5.41) is 10.8. The number of benzene rings is 2. The molecule has 0 aliphatic carbocycles. The Morgan fingerprint density at radius 1 is 1.04 bits per heavy atom. The molecule has 2 aromatic rings. The van der Waals surface area contributed by atoms with E-state index in [9.17, 15) is 19.7 Å². The molecule has 2 aromatic carbocycles. The molecule has 0 radical (unpaired) electrons. The number of amides is 2. The van der Waals surface area contributed by atoms with Crippen LogP contribution >= 0.6 is 0 Å². The van der Waals surface area contributed by atoms with Gasteiger partial charge in [0.1, 0.15) is 5.75 Å². The quantitative estimate of drug-likeness (QED) is 0.494. The summed E-state index contributed by atoms with van der Waals surface area (Å²) in [4.78, 5) is 36.4. The summed E-state index contributed by atoms with van der Waals surface area (Å²) in [6, 6.07) is 8.67. The van der Waals surface area contributed by atoms with E-state index in [1.54, 1.807) is 13.0 Å². The molecule has 1 aliphatic rings. The third kappa shape index (κ3) is 2.22. The molecule has 7 heteroatoms. The van der Waals surface area contributed by atoms with Gasteiger partial charge in [0.05, 0.1) is 28.8 Å². The van der Waals surface area contributed by atoms with Gasteiger partial charge in [-0.15, -0.1) is 0 Å². The van der Waals surface area contributed by atoms with Crippen LogP contribution in [0.4, 0.5) is 11.4 Å². The lowest BCUT2D eigenvalue weighted by atomic mass is 10.1. The van der Waals surface area contributed by atoms with Crippen molar-refractivity contribution in [2.24, 2.45) is 0 Å². The molecule has 0 unspecified atom stereocenters. The minimum absolute atomic E-state index is 0.0930. The summed E-state index contributed by atoms with van der Waals surface area (Å²) >= 11 is 0. The van der Waals surface area contributed by atoms with Gasteiger partial charge in [0.15, 0.2) is 0 Å². The minimum atomic E-state index is -0.524. The van der Waals surface area contributed by atoms with E-state index in [1.165, 1.54) is 37.4 Å². The highest BCUT2D eigenvalue weighted by molar-refractivity contribution is 6.34. The molecule has 0 bridgehead atoms. The number of ether oxygens (including phenoxy) is 1. The number of anilines is 1. The normalized spacial score (nSPS) is 13.2. The Hall–Kier alpha value is -3.22.